The number of benzene rings is 2. The van der Waals surface area contributed by atoms with Crippen molar-refractivity contribution in [1.82, 2.24) is 36.5 Å². The van der Waals surface area contributed by atoms with Crippen molar-refractivity contribution in [3.8, 4) is 0 Å². The third-order valence-electron chi connectivity index (χ3n) is 13.4. The summed E-state index contributed by atoms with van der Waals surface area (Å²) in [4.78, 5) is 116. The Labute approximate surface area is 463 Å². The molecule has 2 aromatic carbocycles. The van der Waals surface area contributed by atoms with Gasteiger partial charge in [0.1, 0.15) is 30.3 Å². The molecule has 79 heavy (non-hydrogen) atoms. The summed E-state index contributed by atoms with van der Waals surface area (Å²) >= 11 is 0. The standard InChI is InChI=1S/C57H81N13O9/c1-6-9-10-11-14-49(71)68-50(37(4)5)54(75)67-45(13-12-25-61-56(59)77)53(74)64-43-19-15-38(16-20-43)36-79-57(78)62-27-26-60-51(72)39-23-30-69(31-24-39)48-22-21-44(35-63-48)65-52(73)41-18-17-40-32-42(34-47(58)66-46(40)33-41)55(76)70(28-7-2)29-8-3/h15-22,32-33,35,37,39,45,50H,6-14,23-31,34,36H2,1-5H3,(H2,58,66)(H,60,72)(H,62,78)(H,64,74)(H,65,73)(H,67,75)(H,68,71)(H3,59,61,77). The van der Waals surface area contributed by atoms with Crippen LogP contribution in [0, 0.1) is 11.8 Å². The van der Waals surface area contributed by atoms with Crippen molar-refractivity contribution in [2.45, 2.75) is 130 Å². The monoisotopic (exact) mass is 1090 g/mol. The number of unbranched alkanes of at least 4 members (excludes halogenated alkanes) is 3. The molecule has 0 saturated carbocycles. The molecular weight excluding hydrogens is 1010 g/mol. The summed E-state index contributed by atoms with van der Waals surface area (Å²) in [5.41, 5.74) is 15.2. The van der Waals surface area contributed by atoms with Crippen molar-refractivity contribution in [3.63, 3.8) is 0 Å². The Kier molecular flexibility index (Phi) is 25.0. The summed E-state index contributed by atoms with van der Waals surface area (Å²) < 4.78 is 5.36. The van der Waals surface area contributed by atoms with E-state index in [-0.39, 0.29) is 74.5 Å². The third-order valence-corrected chi connectivity index (χ3v) is 13.4. The summed E-state index contributed by atoms with van der Waals surface area (Å²) in [5, 5.41) is 19.3. The van der Waals surface area contributed by atoms with Crippen molar-refractivity contribution in [2.75, 3.05) is 61.3 Å². The van der Waals surface area contributed by atoms with Crippen LogP contribution < -0.4 is 53.6 Å². The zero-order valence-corrected chi connectivity index (χ0v) is 46.4. The van der Waals surface area contributed by atoms with Gasteiger partial charge >= 0.3 is 12.1 Å². The predicted octanol–water partition coefficient (Wildman–Crippen LogP) is 6.00. The van der Waals surface area contributed by atoms with Crippen LogP contribution in [0.5, 0.6) is 0 Å². The number of nitrogens with two attached hydrogens (primary N) is 2. The third kappa shape index (κ3) is 20.4. The van der Waals surface area contributed by atoms with E-state index in [1.165, 1.54) is 0 Å². The quantitative estimate of drug-likeness (QED) is 0.0362. The first-order chi connectivity index (χ1) is 38.0. The second-order valence-corrected chi connectivity index (χ2v) is 20.2. The minimum atomic E-state index is -0.995. The number of carbonyl (C=O) groups excluding carboxylic acids is 8. The molecule has 5 rings (SSSR count). The Morgan fingerprint density at radius 2 is 1.48 bits per heavy atom. The zero-order chi connectivity index (χ0) is 57.3. The number of fused-ring (bicyclic) bond motifs is 1. The highest BCUT2D eigenvalue weighted by Crippen LogP contribution is 2.29. The minimum Gasteiger partial charge on any atom is -0.445 e. The minimum absolute atomic E-state index is 0.0592. The van der Waals surface area contributed by atoms with Crippen LogP contribution in [-0.2, 0) is 35.3 Å². The number of hydrogen-bond acceptors (Lipinski definition) is 13. The van der Waals surface area contributed by atoms with E-state index < -0.39 is 36.0 Å². The van der Waals surface area contributed by atoms with Gasteiger partial charge in [0.2, 0.25) is 29.5 Å². The maximum atomic E-state index is 13.5. The SMILES string of the molecule is CCCCCCC(=O)NC(C(=O)NC(CCCNC(N)=O)C(=O)Nc1ccc(COC(=O)NCCNC(=O)C2CCN(c3ccc(NC(=O)c4ccc5c(c4)N=C(N)CC(C(=O)N(CCC)CCC)=C5)cn3)CC2)cc1)C(C)C. The fourth-order valence-electron chi connectivity index (χ4n) is 9.10. The van der Waals surface area contributed by atoms with Crippen LogP contribution in [0.15, 0.2) is 71.4 Å². The lowest BCUT2D eigenvalue weighted by atomic mass is 9.96. The van der Waals surface area contributed by atoms with Gasteiger partial charge in [0.05, 0.1) is 17.6 Å². The largest absolute Gasteiger partial charge is 0.445 e. The van der Waals surface area contributed by atoms with E-state index in [1.54, 1.807) is 54.7 Å². The number of anilines is 3. The summed E-state index contributed by atoms with van der Waals surface area (Å²) in [6.07, 6.45) is 10.4. The first-order valence-corrected chi connectivity index (χ1v) is 27.7. The number of aliphatic imine (C=N–C) groups is 1. The van der Waals surface area contributed by atoms with E-state index in [0.29, 0.717) is 103 Å². The van der Waals surface area contributed by atoms with E-state index in [4.69, 9.17) is 16.2 Å². The summed E-state index contributed by atoms with van der Waals surface area (Å²) in [5.74, 6) is -1.20. The van der Waals surface area contributed by atoms with E-state index in [9.17, 15) is 38.4 Å². The van der Waals surface area contributed by atoms with Gasteiger partial charge in [-0.2, -0.15) is 0 Å². The van der Waals surface area contributed by atoms with E-state index in [0.717, 1.165) is 38.5 Å². The van der Waals surface area contributed by atoms with Gasteiger partial charge in [-0.25, -0.2) is 19.6 Å². The highest BCUT2D eigenvalue weighted by molar-refractivity contribution is 6.08. The molecule has 0 aliphatic carbocycles. The van der Waals surface area contributed by atoms with Crippen LogP contribution in [0.4, 0.5) is 32.5 Å². The zero-order valence-electron chi connectivity index (χ0n) is 46.4. The van der Waals surface area contributed by atoms with Gasteiger partial charge in [0.15, 0.2) is 0 Å². The predicted molar refractivity (Wildman–Crippen MR) is 305 cm³/mol. The number of piperidine rings is 1. The molecule has 1 fully saturated rings. The molecule has 3 heterocycles. The van der Waals surface area contributed by atoms with E-state index in [1.807, 2.05) is 44.7 Å². The first-order valence-electron chi connectivity index (χ1n) is 27.7. The molecule has 11 N–H and O–H groups in total. The van der Waals surface area contributed by atoms with Crippen molar-refractivity contribution < 1.29 is 43.1 Å². The number of nitrogens with one attached hydrogen (secondary N) is 7. The van der Waals surface area contributed by atoms with Crippen molar-refractivity contribution in [2.24, 2.45) is 28.3 Å². The number of ether oxygens (including phenoxy) is 1. The molecule has 428 valence electrons. The Hall–Kier alpha value is -8.04. The Balaban J connectivity index is 1.00. The lowest BCUT2D eigenvalue weighted by Crippen LogP contribution is -2.54. The van der Waals surface area contributed by atoms with Crippen LogP contribution >= 0.6 is 0 Å². The molecule has 0 bridgehead atoms. The number of rotatable bonds is 29. The van der Waals surface area contributed by atoms with Gasteiger partial charge in [-0.05, 0) is 98.9 Å². The Bertz CT molecular complexity index is 2610. The summed E-state index contributed by atoms with van der Waals surface area (Å²) in [6, 6.07) is 12.8. The molecule has 2 aliphatic rings. The van der Waals surface area contributed by atoms with Crippen molar-refractivity contribution >= 4 is 82.4 Å². The highest BCUT2D eigenvalue weighted by atomic mass is 16.5. The Morgan fingerprint density at radius 1 is 0.772 bits per heavy atom. The number of amidine groups is 1. The van der Waals surface area contributed by atoms with Gasteiger partial charge in [-0.3, -0.25) is 28.8 Å². The molecular formula is C57H81N13O9. The van der Waals surface area contributed by atoms with E-state index in [2.05, 4.69) is 59.0 Å². The fraction of sp³-hybridized carbons (Fsp3) is 0.509. The smallest absolute Gasteiger partial charge is 0.407 e. The summed E-state index contributed by atoms with van der Waals surface area (Å²) in [7, 11) is 0. The number of hydrogen-bond donors (Lipinski definition) is 9. The number of alkyl carbamates (subject to hydrolysis) is 1. The van der Waals surface area contributed by atoms with Crippen LogP contribution in [0.1, 0.15) is 133 Å². The molecule has 22 nitrogen and oxygen atoms in total. The van der Waals surface area contributed by atoms with Crippen molar-refractivity contribution in [3.05, 3.63) is 83.1 Å². The normalized spacial score (nSPS) is 14.0. The van der Waals surface area contributed by atoms with Crippen LogP contribution in [-0.4, -0.2) is 121 Å². The van der Waals surface area contributed by atoms with Crippen LogP contribution in [0.3, 0.4) is 0 Å². The van der Waals surface area contributed by atoms with Crippen molar-refractivity contribution in [1.29, 1.82) is 0 Å². The number of nitrogens with zero attached hydrogens (tertiary/aromatic N) is 4. The van der Waals surface area contributed by atoms with E-state index >= 15 is 0 Å². The molecule has 9 amide bonds. The first kappa shape index (κ1) is 61.8. The van der Waals surface area contributed by atoms with Crippen LogP contribution in [0.2, 0.25) is 0 Å². The maximum absolute atomic E-state index is 13.5. The van der Waals surface area contributed by atoms with Gasteiger partial charge < -0.3 is 63.2 Å². The number of urea groups is 1. The molecule has 1 saturated heterocycles. The molecule has 2 aliphatic heterocycles. The Morgan fingerprint density at radius 3 is 2.14 bits per heavy atom. The van der Waals surface area contributed by atoms with Gasteiger partial charge in [0.25, 0.3) is 5.91 Å². The lowest BCUT2D eigenvalue weighted by molar-refractivity contribution is -0.132. The fourth-order valence-corrected chi connectivity index (χ4v) is 9.10. The average molecular weight is 1090 g/mol. The van der Waals surface area contributed by atoms with Gasteiger partial charge in [-0.1, -0.05) is 72.1 Å². The molecule has 1 aromatic heterocycles. The maximum Gasteiger partial charge on any atom is 0.407 e. The number of carbonyl (C=O) groups is 8. The molecule has 3 aromatic rings. The molecule has 0 spiro atoms. The molecule has 2 atom stereocenters. The van der Waals surface area contributed by atoms with Gasteiger partial charge in [-0.15, -0.1) is 0 Å². The topological polar surface area (TPSA) is 314 Å². The number of pyridine rings is 1. The lowest BCUT2D eigenvalue weighted by Gasteiger charge is -2.32. The average Bonchev–Trinajstić information content (AvgIpc) is 3.62. The second-order valence-electron chi connectivity index (χ2n) is 20.2. The van der Waals surface area contributed by atoms with Gasteiger partial charge in [0, 0.05) is 87.0 Å². The highest BCUT2D eigenvalue weighted by Gasteiger charge is 2.30. The summed E-state index contributed by atoms with van der Waals surface area (Å²) in [6.45, 7) is 12.8. The molecule has 2 unspecified atom stereocenters. The number of amides is 9. The molecule has 0 radical (unpaired) electrons. The number of aromatic nitrogens is 1. The number of primary amides is 1. The van der Waals surface area contributed by atoms with Crippen LogP contribution in [0.25, 0.3) is 6.08 Å². The molecule has 22 heteroatoms. The second kappa shape index (κ2) is 32.0.